The molecule has 0 unspecified atom stereocenters. The first-order valence-corrected chi connectivity index (χ1v) is 7.71. The lowest BCUT2D eigenvalue weighted by atomic mass is 9.99. The lowest BCUT2D eigenvalue weighted by molar-refractivity contribution is -0.137. The number of carbonyl (C=O) groups excluding carboxylic acids is 1. The molecule has 4 nitrogen and oxygen atoms in total. The molecule has 23 heavy (non-hydrogen) atoms. The van der Waals surface area contributed by atoms with Gasteiger partial charge in [0.15, 0.2) is 0 Å². The second-order valence-corrected chi connectivity index (χ2v) is 5.54. The van der Waals surface area contributed by atoms with Gasteiger partial charge in [0.05, 0.1) is 18.2 Å². The number of rotatable bonds is 5. The molecule has 0 radical (unpaired) electrons. The predicted molar refractivity (Wildman–Crippen MR) is 79.8 cm³/mol. The van der Waals surface area contributed by atoms with Crippen LogP contribution in [-0.4, -0.2) is 31.7 Å². The Kier molecular flexibility index (Phi) is 6.01. The first-order chi connectivity index (χ1) is 10.9. The fourth-order valence-corrected chi connectivity index (χ4v) is 2.54. The number of ether oxygens (including phenoxy) is 1. The van der Waals surface area contributed by atoms with Crippen molar-refractivity contribution in [2.75, 3.05) is 19.7 Å². The molecule has 0 spiro atoms. The van der Waals surface area contributed by atoms with Crippen LogP contribution >= 0.6 is 0 Å². The average Bonchev–Trinajstić information content (AvgIpc) is 2.54. The third kappa shape index (κ3) is 4.94. The van der Waals surface area contributed by atoms with Crippen molar-refractivity contribution >= 4 is 5.91 Å². The van der Waals surface area contributed by atoms with Gasteiger partial charge in [0.1, 0.15) is 6.10 Å². The number of amides is 1. The van der Waals surface area contributed by atoms with Crippen LogP contribution in [0.25, 0.3) is 0 Å². The van der Waals surface area contributed by atoms with E-state index in [9.17, 15) is 18.0 Å². The van der Waals surface area contributed by atoms with Crippen molar-refractivity contribution in [2.45, 2.75) is 38.1 Å². The van der Waals surface area contributed by atoms with E-state index in [4.69, 9.17) is 4.74 Å². The number of carbonyl (C=O) groups is 1. The molecule has 0 aromatic heterocycles. The fourth-order valence-electron chi connectivity index (χ4n) is 2.54. The van der Waals surface area contributed by atoms with Gasteiger partial charge in [0.25, 0.3) is 5.91 Å². The van der Waals surface area contributed by atoms with E-state index in [1.165, 1.54) is 6.07 Å². The van der Waals surface area contributed by atoms with E-state index < -0.39 is 23.9 Å². The first kappa shape index (κ1) is 17.7. The lowest BCUT2D eigenvalue weighted by Gasteiger charge is -2.26. The summed E-state index contributed by atoms with van der Waals surface area (Å²) in [5.74, 6) is -0.298. The largest absolute Gasteiger partial charge is 0.416 e. The smallest absolute Gasteiger partial charge is 0.366 e. The zero-order valence-corrected chi connectivity index (χ0v) is 13.0. The van der Waals surface area contributed by atoms with Crippen molar-refractivity contribution in [1.82, 2.24) is 10.6 Å². The molecule has 1 fully saturated rings. The summed E-state index contributed by atoms with van der Waals surface area (Å²) in [4.78, 5) is 12.2. The van der Waals surface area contributed by atoms with Gasteiger partial charge in [-0.05, 0) is 24.1 Å². The second-order valence-electron chi connectivity index (χ2n) is 5.54. The van der Waals surface area contributed by atoms with E-state index in [1.807, 2.05) is 6.92 Å². The summed E-state index contributed by atoms with van der Waals surface area (Å²) < 4.78 is 43.9. The molecule has 0 aliphatic carbocycles. The van der Waals surface area contributed by atoms with E-state index in [0.717, 1.165) is 18.6 Å². The second kappa shape index (κ2) is 7.79. The van der Waals surface area contributed by atoms with Crippen molar-refractivity contribution in [3.8, 4) is 0 Å². The summed E-state index contributed by atoms with van der Waals surface area (Å²) >= 11 is 0. The summed E-state index contributed by atoms with van der Waals surface area (Å²) in [6.07, 6.45) is -3.69. The molecule has 0 bridgehead atoms. The SMILES string of the molecule is CCC[C@H](NC(=O)[C@H]1CNCCO1)c1cccc(C(F)(F)F)c1. The minimum atomic E-state index is -4.40. The number of hydrogen-bond donors (Lipinski definition) is 2. The average molecular weight is 330 g/mol. The molecule has 7 heteroatoms. The van der Waals surface area contributed by atoms with Crippen molar-refractivity contribution in [3.05, 3.63) is 35.4 Å². The van der Waals surface area contributed by atoms with Crippen molar-refractivity contribution < 1.29 is 22.7 Å². The van der Waals surface area contributed by atoms with Crippen LogP contribution in [0.15, 0.2) is 24.3 Å². The van der Waals surface area contributed by atoms with E-state index >= 15 is 0 Å². The molecule has 1 amide bonds. The zero-order valence-electron chi connectivity index (χ0n) is 13.0. The van der Waals surface area contributed by atoms with Crippen LogP contribution < -0.4 is 10.6 Å². The number of nitrogens with one attached hydrogen (secondary N) is 2. The maximum Gasteiger partial charge on any atom is 0.416 e. The van der Waals surface area contributed by atoms with Gasteiger partial charge in [-0.1, -0.05) is 25.5 Å². The van der Waals surface area contributed by atoms with Gasteiger partial charge in [-0.3, -0.25) is 4.79 Å². The molecule has 1 aliphatic heterocycles. The Morgan fingerprint density at radius 2 is 2.26 bits per heavy atom. The number of halogens is 3. The van der Waals surface area contributed by atoms with E-state index in [-0.39, 0.29) is 5.91 Å². The number of morpholine rings is 1. The zero-order chi connectivity index (χ0) is 16.9. The van der Waals surface area contributed by atoms with Gasteiger partial charge < -0.3 is 15.4 Å². The summed E-state index contributed by atoms with van der Waals surface area (Å²) in [6.45, 7) is 3.47. The van der Waals surface area contributed by atoms with Crippen molar-refractivity contribution in [2.24, 2.45) is 0 Å². The summed E-state index contributed by atoms with van der Waals surface area (Å²) in [5.41, 5.74) is -0.250. The van der Waals surface area contributed by atoms with E-state index in [0.29, 0.717) is 31.7 Å². The van der Waals surface area contributed by atoms with E-state index in [2.05, 4.69) is 10.6 Å². The molecular weight excluding hydrogens is 309 g/mol. The van der Waals surface area contributed by atoms with Gasteiger partial charge in [0, 0.05) is 13.1 Å². The van der Waals surface area contributed by atoms with Crippen LogP contribution in [0.1, 0.15) is 36.9 Å². The molecule has 128 valence electrons. The Morgan fingerprint density at radius 1 is 1.48 bits per heavy atom. The molecule has 1 aromatic rings. The molecular formula is C16H21F3N2O2. The van der Waals surface area contributed by atoms with Crippen LogP contribution in [0.4, 0.5) is 13.2 Å². The molecule has 0 saturated carbocycles. The Hall–Kier alpha value is -1.60. The number of hydrogen-bond acceptors (Lipinski definition) is 3. The third-order valence-electron chi connectivity index (χ3n) is 3.73. The Balaban J connectivity index is 2.12. The van der Waals surface area contributed by atoms with Gasteiger partial charge in [0.2, 0.25) is 0 Å². The Bertz CT molecular complexity index is 528. The third-order valence-corrected chi connectivity index (χ3v) is 3.73. The monoisotopic (exact) mass is 330 g/mol. The first-order valence-electron chi connectivity index (χ1n) is 7.71. The van der Waals surface area contributed by atoms with Gasteiger partial charge in [-0.2, -0.15) is 13.2 Å². The quantitative estimate of drug-likeness (QED) is 0.873. The van der Waals surface area contributed by atoms with Gasteiger partial charge >= 0.3 is 6.18 Å². The summed E-state index contributed by atoms with van der Waals surface area (Å²) in [6, 6.07) is 4.64. The highest BCUT2D eigenvalue weighted by Gasteiger charge is 2.31. The topological polar surface area (TPSA) is 50.4 Å². The van der Waals surface area contributed by atoms with Crippen LogP contribution in [0, 0.1) is 0 Å². The minimum absolute atomic E-state index is 0.298. The molecule has 1 aliphatic rings. The highest BCUT2D eigenvalue weighted by Crippen LogP contribution is 2.31. The molecule has 1 heterocycles. The summed E-state index contributed by atoms with van der Waals surface area (Å²) in [5, 5.41) is 5.87. The lowest BCUT2D eigenvalue weighted by Crippen LogP contribution is -2.48. The normalized spacial score (nSPS) is 20.1. The molecule has 1 saturated heterocycles. The molecule has 2 atom stereocenters. The van der Waals surface area contributed by atoms with Crippen LogP contribution in [-0.2, 0) is 15.7 Å². The van der Waals surface area contributed by atoms with Crippen molar-refractivity contribution in [3.63, 3.8) is 0 Å². The minimum Gasteiger partial charge on any atom is -0.366 e. The summed E-state index contributed by atoms with van der Waals surface area (Å²) in [7, 11) is 0. The number of benzene rings is 1. The van der Waals surface area contributed by atoms with Crippen LogP contribution in [0.3, 0.4) is 0 Å². The van der Waals surface area contributed by atoms with Crippen LogP contribution in [0.2, 0.25) is 0 Å². The van der Waals surface area contributed by atoms with Gasteiger partial charge in [-0.25, -0.2) is 0 Å². The highest BCUT2D eigenvalue weighted by atomic mass is 19.4. The van der Waals surface area contributed by atoms with Crippen molar-refractivity contribution in [1.29, 1.82) is 0 Å². The molecule has 1 aromatic carbocycles. The van der Waals surface area contributed by atoms with E-state index in [1.54, 1.807) is 6.07 Å². The predicted octanol–water partition coefficient (Wildman–Crippen LogP) is 2.65. The molecule has 2 N–H and O–H groups in total. The molecule has 2 rings (SSSR count). The van der Waals surface area contributed by atoms with Gasteiger partial charge in [-0.15, -0.1) is 0 Å². The maximum absolute atomic E-state index is 12.9. The standard InChI is InChI=1S/C16H21F3N2O2/c1-2-4-13(21-15(22)14-10-20-7-8-23-14)11-5-3-6-12(9-11)16(17,18)19/h3,5-6,9,13-14,20H,2,4,7-8,10H2,1H3,(H,21,22)/t13-,14+/m0/s1. The maximum atomic E-state index is 12.9. The highest BCUT2D eigenvalue weighted by molar-refractivity contribution is 5.81. The fraction of sp³-hybridized carbons (Fsp3) is 0.562. The van der Waals surface area contributed by atoms with Crippen LogP contribution in [0.5, 0.6) is 0 Å². The Morgan fingerprint density at radius 3 is 2.87 bits per heavy atom. The Labute approximate surface area is 133 Å². The number of alkyl halides is 3.